The van der Waals surface area contributed by atoms with Crippen molar-refractivity contribution in [1.29, 1.82) is 0 Å². The highest BCUT2D eigenvalue weighted by Crippen LogP contribution is 2.39. The lowest BCUT2D eigenvalue weighted by Gasteiger charge is -2.27. The van der Waals surface area contributed by atoms with E-state index in [4.69, 9.17) is 14.2 Å². The normalized spacial score (nSPS) is 14.9. The smallest absolute Gasteiger partial charge is 0.308 e. The van der Waals surface area contributed by atoms with Crippen LogP contribution >= 0.6 is 0 Å². The molecule has 2 aromatic carbocycles. The van der Waals surface area contributed by atoms with Crippen molar-refractivity contribution >= 4 is 11.9 Å². The third-order valence-corrected chi connectivity index (χ3v) is 5.95. The number of para-hydroxylation sites is 1. The topological polar surface area (TPSA) is 79.7 Å². The molecule has 3 aromatic rings. The molecule has 0 bridgehead atoms. The molecule has 0 aliphatic heterocycles. The van der Waals surface area contributed by atoms with Gasteiger partial charge in [0.1, 0.15) is 11.5 Å². The van der Waals surface area contributed by atoms with Crippen molar-refractivity contribution in [3.05, 3.63) is 65.4 Å². The maximum atomic E-state index is 11.6. The molecule has 7 heteroatoms. The zero-order valence-electron chi connectivity index (χ0n) is 19.9. The van der Waals surface area contributed by atoms with Crippen LogP contribution in [0, 0.1) is 12.8 Å². The highest BCUT2D eigenvalue weighted by Gasteiger charge is 2.26. The molecule has 4 rings (SSSR count). The zero-order chi connectivity index (χ0) is 24.1. The van der Waals surface area contributed by atoms with Gasteiger partial charge in [-0.2, -0.15) is 5.10 Å². The lowest BCUT2D eigenvalue weighted by Crippen LogP contribution is -2.19. The second kappa shape index (κ2) is 10.5. The molecule has 34 heavy (non-hydrogen) atoms. The van der Waals surface area contributed by atoms with E-state index in [9.17, 15) is 9.59 Å². The Hall–Kier alpha value is -3.61. The molecule has 1 aliphatic rings. The van der Waals surface area contributed by atoms with Crippen molar-refractivity contribution in [2.75, 3.05) is 6.61 Å². The first-order chi connectivity index (χ1) is 16.4. The van der Waals surface area contributed by atoms with Crippen LogP contribution in [0.5, 0.6) is 17.4 Å². The van der Waals surface area contributed by atoms with Gasteiger partial charge in [-0.3, -0.25) is 9.59 Å². The van der Waals surface area contributed by atoms with Gasteiger partial charge in [0, 0.05) is 31.0 Å². The van der Waals surface area contributed by atoms with Gasteiger partial charge in [0.2, 0.25) is 5.88 Å². The number of rotatable bonds is 8. The Kier molecular flexibility index (Phi) is 7.30. The minimum Gasteiger partial charge on any atom is -0.478 e. The number of carbonyl (C=O) groups excluding carboxylic acids is 2. The lowest BCUT2D eigenvalue weighted by atomic mass is 9.81. The lowest BCUT2D eigenvalue weighted by molar-refractivity contribution is -0.133. The summed E-state index contributed by atoms with van der Waals surface area (Å²) < 4.78 is 18.8. The molecule has 0 amide bonds. The Balaban J connectivity index is 1.39. The van der Waals surface area contributed by atoms with Crippen LogP contribution in [0.3, 0.4) is 0 Å². The fourth-order valence-corrected chi connectivity index (χ4v) is 4.52. The SMILES string of the molecule is CC(=O)Oc1ccc(OC(C)=O)c2c1CCC(CCCOc1cc(C)nn1-c1ccccc1)C2. The first kappa shape index (κ1) is 23.5. The molecule has 0 saturated heterocycles. The van der Waals surface area contributed by atoms with E-state index in [1.165, 1.54) is 13.8 Å². The quantitative estimate of drug-likeness (QED) is 0.266. The van der Waals surface area contributed by atoms with Crippen LogP contribution < -0.4 is 14.2 Å². The number of carbonyl (C=O) groups is 2. The Morgan fingerprint density at radius 1 is 1.00 bits per heavy atom. The second-order valence-electron chi connectivity index (χ2n) is 8.68. The summed E-state index contributed by atoms with van der Waals surface area (Å²) in [6, 6.07) is 15.3. The van der Waals surface area contributed by atoms with Gasteiger partial charge in [-0.05, 0) is 69.2 Å². The highest BCUT2D eigenvalue weighted by molar-refractivity contribution is 5.72. The predicted molar refractivity (Wildman–Crippen MR) is 128 cm³/mol. The molecular formula is C27H30N2O5. The number of hydrogen-bond acceptors (Lipinski definition) is 6. The molecule has 0 radical (unpaired) electrons. The van der Waals surface area contributed by atoms with Gasteiger partial charge in [0.25, 0.3) is 0 Å². The number of aryl methyl sites for hydroxylation is 1. The van der Waals surface area contributed by atoms with Crippen molar-refractivity contribution in [1.82, 2.24) is 9.78 Å². The van der Waals surface area contributed by atoms with Crippen molar-refractivity contribution in [2.45, 2.75) is 52.9 Å². The molecule has 0 saturated carbocycles. The summed E-state index contributed by atoms with van der Waals surface area (Å²) in [7, 11) is 0. The molecule has 1 atom stereocenters. The second-order valence-corrected chi connectivity index (χ2v) is 8.68. The third kappa shape index (κ3) is 5.65. The minimum absolute atomic E-state index is 0.355. The molecule has 0 spiro atoms. The first-order valence-electron chi connectivity index (χ1n) is 11.7. The van der Waals surface area contributed by atoms with Gasteiger partial charge >= 0.3 is 11.9 Å². The number of nitrogens with zero attached hydrogens (tertiary/aromatic N) is 2. The van der Waals surface area contributed by atoms with Gasteiger partial charge in [-0.1, -0.05) is 18.2 Å². The summed E-state index contributed by atoms with van der Waals surface area (Å²) in [4.78, 5) is 23.1. The highest BCUT2D eigenvalue weighted by atomic mass is 16.5. The van der Waals surface area contributed by atoms with Gasteiger partial charge in [0.15, 0.2) is 0 Å². The number of benzene rings is 2. The molecule has 1 aliphatic carbocycles. The molecular weight excluding hydrogens is 432 g/mol. The van der Waals surface area contributed by atoms with Crippen LogP contribution in [0.1, 0.15) is 49.9 Å². The maximum Gasteiger partial charge on any atom is 0.308 e. The van der Waals surface area contributed by atoms with E-state index in [2.05, 4.69) is 5.10 Å². The standard InChI is InChI=1S/C27H30N2O5/c1-18-16-27(29(28-18)22-9-5-4-6-10-22)32-15-7-8-21-11-12-23-24(17-21)26(34-20(3)31)14-13-25(23)33-19(2)30/h4-6,9-10,13-14,16,21H,7-8,11-12,15,17H2,1-3H3. The molecule has 178 valence electrons. The molecule has 0 N–H and O–H groups in total. The largest absolute Gasteiger partial charge is 0.478 e. The van der Waals surface area contributed by atoms with E-state index in [0.29, 0.717) is 24.0 Å². The minimum atomic E-state index is -0.358. The molecule has 7 nitrogen and oxygen atoms in total. The van der Waals surface area contributed by atoms with E-state index in [0.717, 1.165) is 60.5 Å². The van der Waals surface area contributed by atoms with Crippen LogP contribution in [0.25, 0.3) is 5.69 Å². The van der Waals surface area contributed by atoms with E-state index in [1.54, 1.807) is 12.1 Å². The van der Waals surface area contributed by atoms with Crippen molar-refractivity contribution in [3.63, 3.8) is 0 Å². The summed E-state index contributed by atoms with van der Waals surface area (Å²) in [6.45, 7) is 5.33. The average Bonchev–Trinajstić information content (AvgIpc) is 3.18. The zero-order valence-corrected chi connectivity index (χ0v) is 19.9. The summed E-state index contributed by atoms with van der Waals surface area (Å²) in [6.07, 6.45) is 4.40. The summed E-state index contributed by atoms with van der Waals surface area (Å²) in [5.74, 6) is 1.57. The van der Waals surface area contributed by atoms with Crippen LogP contribution in [-0.2, 0) is 22.4 Å². The van der Waals surface area contributed by atoms with Crippen LogP contribution in [0.4, 0.5) is 0 Å². The van der Waals surface area contributed by atoms with Crippen molar-refractivity contribution < 1.29 is 23.8 Å². The Morgan fingerprint density at radius 2 is 1.68 bits per heavy atom. The molecule has 1 heterocycles. The van der Waals surface area contributed by atoms with Crippen LogP contribution in [-0.4, -0.2) is 28.3 Å². The third-order valence-electron chi connectivity index (χ3n) is 5.95. The van der Waals surface area contributed by atoms with E-state index >= 15 is 0 Å². The average molecular weight is 463 g/mol. The number of aromatic nitrogens is 2. The number of ether oxygens (including phenoxy) is 3. The van der Waals surface area contributed by atoms with Crippen LogP contribution in [0.15, 0.2) is 48.5 Å². The van der Waals surface area contributed by atoms with E-state index < -0.39 is 0 Å². The molecule has 0 fully saturated rings. The fraction of sp³-hybridized carbons (Fsp3) is 0.370. The van der Waals surface area contributed by atoms with Gasteiger partial charge in [0.05, 0.1) is 18.0 Å². The monoisotopic (exact) mass is 462 g/mol. The molecule has 1 unspecified atom stereocenters. The molecule has 1 aromatic heterocycles. The van der Waals surface area contributed by atoms with E-state index in [-0.39, 0.29) is 11.9 Å². The maximum absolute atomic E-state index is 11.6. The Bertz CT molecular complexity index is 1170. The number of fused-ring (bicyclic) bond motifs is 1. The van der Waals surface area contributed by atoms with Gasteiger partial charge in [-0.25, -0.2) is 4.68 Å². The summed E-state index contributed by atoms with van der Waals surface area (Å²) >= 11 is 0. The fourth-order valence-electron chi connectivity index (χ4n) is 4.52. The summed E-state index contributed by atoms with van der Waals surface area (Å²) in [5.41, 5.74) is 3.80. The number of esters is 2. The number of hydrogen-bond donors (Lipinski definition) is 0. The Labute approximate surface area is 199 Å². The summed E-state index contributed by atoms with van der Waals surface area (Å²) in [5, 5.41) is 4.55. The van der Waals surface area contributed by atoms with Gasteiger partial charge < -0.3 is 14.2 Å². The predicted octanol–water partition coefficient (Wildman–Crippen LogP) is 5.00. The first-order valence-corrected chi connectivity index (χ1v) is 11.7. The van der Waals surface area contributed by atoms with Gasteiger partial charge in [-0.15, -0.1) is 0 Å². The van der Waals surface area contributed by atoms with Crippen LogP contribution in [0.2, 0.25) is 0 Å². The van der Waals surface area contributed by atoms with E-state index in [1.807, 2.05) is 48.0 Å². The van der Waals surface area contributed by atoms with Crippen molar-refractivity contribution in [3.8, 4) is 23.1 Å². The van der Waals surface area contributed by atoms with Crippen molar-refractivity contribution in [2.24, 2.45) is 5.92 Å². The Morgan fingerprint density at radius 3 is 2.35 bits per heavy atom.